The third kappa shape index (κ3) is 5.90. The van der Waals surface area contributed by atoms with Crippen LogP contribution in [0.25, 0.3) is 33.4 Å². The van der Waals surface area contributed by atoms with E-state index in [1.165, 1.54) is 24.3 Å². The fourth-order valence-corrected chi connectivity index (χ4v) is 4.94. The molecule has 10 heteroatoms. The number of aliphatic carboxylic acids is 1. The Bertz CT molecular complexity index is 1610. The normalized spacial score (nSPS) is 12.4. The van der Waals surface area contributed by atoms with E-state index < -0.39 is 17.9 Å². The van der Waals surface area contributed by atoms with E-state index in [1.54, 1.807) is 44.4 Å². The van der Waals surface area contributed by atoms with Gasteiger partial charge < -0.3 is 30.4 Å². The fourth-order valence-electron chi connectivity index (χ4n) is 4.94. The zero-order valence-corrected chi connectivity index (χ0v) is 22.2. The molecule has 1 aliphatic carbocycles. The van der Waals surface area contributed by atoms with Gasteiger partial charge in [0.15, 0.2) is 11.4 Å². The van der Waals surface area contributed by atoms with Gasteiger partial charge in [-0.25, -0.2) is 4.79 Å². The number of nitrogens with zero attached hydrogens (tertiary/aromatic N) is 1. The number of fused-ring (bicyclic) bond motifs is 2. The zero-order chi connectivity index (χ0) is 28.8. The van der Waals surface area contributed by atoms with Crippen molar-refractivity contribution in [1.29, 1.82) is 0 Å². The largest absolute Gasteiger partial charge is 0.508 e. The molecule has 2 aliphatic rings. The van der Waals surface area contributed by atoms with Crippen LogP contribution in [0, 0.1) is 5.92 Å². The number of hydrogen-bond acceptors (Lipinski definition) is 6. The van der Waals surface area contributed by atoms with E-state index in [2.05, 4.69) is 15.6 Å². The van der Waals surface area contributed by atoms with Crippen LogP contribution < -0.4 is 16.1 Å². The molecule has 0 amide bonds. The molecule has 0 saturated heterocycles. The first-order chi connectivity index (χ1) is 19.2. The molecule has 0 aromatic heterocycles. The molecule has 4 rings (SSSR count). The van der Waals surface area contributed by atoms with Gasteiger partial charge in [-0.2, -0.15) is 0 Å². The fraction of sp³-hybridized carbons (Fsp3) is 0.267. The van der Waals surface area contributed by atoms with Gasteiger partial charge in [0, 0.05) is 48.8 Å². The molecule has 1 atom stereocenters. The second-order valence-electron chi connectivity index (χ2n) is 9.39. The first-order valence-corrected chi connectivity index (χ1v) is 12.9. The minimum atomic E-state index is -1.11. The lowest BCUT2D eigenvalue weighted by atomic mass is 9.88. The van der Waals surface area contributed by atoms with Crippen molar-refractivity contribution in [2.45, 2.75) is 25.7 Å². The summed E-state index contributed by atoms with van der Waals surface area (Å²) in [7, 11) is 3.39. The van der Waals surface area contributed by atoms with Crippen LogP contribution in [0.1, 0.15) is 35.2 Å². The SMILES string of the molecule is C/N=C(\NC)NCCC[C@H](CCc1c(O)ccc2c(-c3ccccc3C(=O)O)c3ccc(=O)cc-3oc12)C(=O)O. The van der Waals surface area contributed by atoms with Gasteiger partial charge in [-0.1, -0.05) is 18.2 Å². The maximum Gasteiger partial charge on any atom is 0.336 e. The van der Waals surface area contributed by atoms with Gasteiger partial charge in [-0.05, 0) is 61.6 Å². The van der Waals surface area contributed by atoms with E-state index in [-0.39, 0.29) is 40.9 Å². The minimum absolute atomic E-state index is 0.0741. The van der Waals surface area contributed by atoms with Gasteiger partial charge in [0.2, 0.25) is 0 Å². The molecule has 10 nitrogen and oxygen atoms in total. The van der Waals surface area contributed by atoms with Gasteiger partial charge >= 0.3 is 11.9 Å². The van der Waals surface area contributed by atoms with E-state index in [0.717, 1.165) is 0 Å². The smallest absolute Gasteiger partial charge is 0.336 e. The molecule has 1 heterocycles. The summed E-state index contributed by atoms with van der Waals surface area (Å²) in [5.74, 6) is -1.94. The number of carbonyl (C=O) groups is 2. The van der Waals surface area contributed by atoms with E-state index in [9.17, 15) is 29.7 Å². The standard InChI is InChI=1S/C30H31N3O7/c1-31-30(32-2)33-15-5-6-17(28(36)37)9-11-21-24(35)14-13-23-26(19-7-3-4-8-20(19)29(38)39)22-12-10-18(34)16-25(22)40-27(21)23/h3-4,7-8,10,12-14,16-17,35H,5-6,9,11,15H2,1-2H3,(H,36,37)(H,38,39)(H2,31,32,33)/t17-/m1/s1. The molecular formula is C30H31N3O7. The van der Waals surface area contributed by atoms with E-state index in [1.807, 2.05) is 0 Å². The average molecular weight is 546 g/mol. The monoisotopic (exact) mass is 545 g/mol. The first-order valence-electron chi connectivity index (χ1n) is 12.9. The molecule has 0 fully saturated rings. The Labute approximate surface area is 230 Å². The van der Waals surface area contributed by atoms with Crippen LogP contribution in [0.2, 0.25) is 0 Å². The third-order valence-corrected chi connectivity index (χ3v) is 6.94. The lowest BCUT2D eigenvalue weighted by Crippen LogP contribution is -2.35. The molecule has 1 aliphatic heterocycles. The highest BCUT2D eigenvalue weighted by Gasteiger charge is 2.25. The number of aromatic carboxylic acids is 1. The van der Waals surface area contributed by atoms with Crippen molar-refractivity contribution in [2.75, 3.05) is 20.6 Å². The average Bonchev–Trinajstić information content (AvgIpc) is 2.94. The Balaban J connectivity index is 1.76. The molecule has 5 N–H and O–H groups in total. The van der Waals surface area contributed by atoms with Crippen LogP contribution in [0.5, 0.6) is 5.75 Å². The van der Waals surface area contributed by atoms with Gasteiger partial charge in [0.05, 0.1) is 11.5 Å². The molecule has 0 saturated carbocycles. The number of aliphatic imine (C=N–C) groups is 1. The highest BCUT2D eigenvalue weighted by atomic mass is 16.4. The summed E-state index contributed by atoms with van der Waals surface area (Å²) < 4.78 is 6.16. The number of hydrogen-bond donors (Lipinski definition) is 5. The van der Waals surface area contributed by atoms with Crippen molar-refractivity contribution in [3.05, 3.63) is 75.9 Å². The Morgan fingerprint density at radius 3 is 2.50 bits per heavy atom. The minimum Gasteiger partial charge on any atom is -0.508 e. The molecule has 208 valence electrons. The number of aromatic hydroxyl groups is 1. The second-order valence-corrected chi connectivity index (χ2v) is 9.39. The van der Waals surface area contributed by atoms with Gasteiger partial charge in [0.25, 0.3) is 0 Å². The van der Waals surface area contributed by atoms with Crippen LogP contribution in [-0.4, -0.2) is 53.9 Å². The number of phenolic OH excluding ortho intramolecular Hbond substituents is 1. The van der Waals surface area contributed by atoms with Crippen molar-refractivity contribution in [3.8, 4) is 28.2 Å². The highest BCUT2D eigenvalue weighted by molar-refractivity contribution is 6.08. The Hall–Kier alpha value is -4.86. The number of carboxylic acid groups (broad SMARTS) is 2. The Morgan fingerprint density at radius 1 is 1.02 bits per heavy atom. The van der Waals surface area contributed by atoms with Gasteiger partial charge in [-0.15, -0.1) is 0 Å². The molecule has 0 radical (unpaired) electrons. The van der Waals surface area contributed by atoms with E-state index >= 15 is 0 Å². The summed E-state index contributed by atoms with van der Waals surface area (Å²) in [4.78, 5) is 40.3. The number of nitrogens with one attached hydrogen (secondary N) is 2. The molecule has 0 spiro atoms. The summed E-state index contributed by atoms with van der Waals surface area (Å²) in [5, 5.41) is 37.1. The number of carboxylic acids is 2. The number of phenols is 1. The lowest BCUT2D eigenvalue weighted by molar-refractivity contribution is -0.142. The highest BCUT2D eigenvalue weighted by Crippen LogP contribution is 2.43. The second kappa shape index (κ2) is 12.3. The summed E-state index contributed by atoms with van der Waals surface area (Å²) in [5.41, 5.74) is 1.99. The molecule has 2 aromatic rings. The number of rotatable bonds is 10. The molecule has 0 unspecified atom stereocenters. The number of guanidine groups is 1. The topological polar surface area (TPSA) is 161 Å². The van der Waals surface area contributed by atoms with Gasteiger partial charge in [-0.3, -0.25) is 14.6 Å². The van der Waals surface area contributed by atoms with Crippen molar-refractivity contribution in [2.24, 2.45) is 10.9 Å². The van der Waals surface area contributed by atoms with Crippen LogP contribution >= 0.6 is 0 Å². The molecular weight excluding hydrogens is 514 g/mol. The maximum absolute atomic E-state index is 12.2. The molecule has 40 heavy (non-hydrogen) atoms. The van der Waals surface area contributed by atoms with Crippen LogP contribution in [0.4, 0.5) is 0 Å². The number of aryl methyl sites for hydroxylation is 1. The predicted octanol–water partition coefficient (Wildman–Crippen LogP) is 4.18. The van der Waals surface area contributed by atoms with Gasteiger partial charge in [0.1, 0.15) is 17.1 Å². The summed E-state index contributed by atoms with van der Waals surface area (Å²) in [6.07, 6.45) is 1.43. The van der Waals surface area contributed by atoms with Crippen LogP contribution in [0.15, 0.2) is 68.8 Å². The molecule has 2 aromatic carbocycles. The van der Waals surface area contributed by atoms with Crippen molar-refractivity contribution in [3.63, 3.8) is 0 Å². The summed E-state index contributed by atoms with van der Waals surface area (Å²) in [6, 6.07) is 14.0. The van der Waals surface area contributed by atoms with Crippen molar-refractivity contribution < 1.29 is 29.3 Å². The van der Waals surface area contributed by atoms with Crippen molar-refractivity contribution in [1.82, 2.24) is 10.6 Å². The third-order valence-electron chi connectivity index (χ3n) is 6.94. The predicted molar refractivity (Wildman–Crippen MR) is 152 cm³/mol. The van der Waals surface area contributed by atoms with E-state index in [4.69, 9.17) is 4.42 Å². The summed E-state index contributed by atoms with van der Waals surface area (Å²) >= 11 is 0. The van der Waals surface area contributed by atoms with Crippen LogP contribution in [-0.2, 0) is 11.2 Å². The Kier molecular flexibility index (Phi) is 8.68. The maximum atomic E-state index is 12.2. The van der Waals surface area contributed by atoms with Crippen molar-refractivity contribution >= 4 is 28.9 Å². The quantitative estimate of drug-likeness (QED) is 0.0852. The number of benzene rings is 3. The van der Waals surface area contributed by atoms with E-state index in [0.29, 0.717) is 53.0 Å². The lowest BCUT2D eigenvalue weighted by Gasteiger charge is -2.19. The Morgan fingerprint density at radius 2 is 1.80 bits per heavy atom. The van der Waals surface area contributed by atoms with Crippen LogP contribution in [0.3, 0.4) is 0 Å². The zero-order valence-electron chi connectivity index (χ0n) is 22.2. The summed E-state index contributed by atoms with van der Waals surface area (Å²) in [6.45, 7) is 0.544. The molecule has 0 bridgehead atoms. The first kappa shape index (κ1) is 28.2.